The van der Waals surface area contributed by atoms with Gasteiger partial charge in [0.05, 0.1) is 22.7 Å². The molecule has 0 fully saturated rings. The van der Waals surface area contributed by atoms with Gasteiger partial charge in [-0.3, -0.25) is 19.2 Å². The Balaban J connectivity index is 3.96. The summed E-state index contributed by atoms with van der Waals surface area (Å²) in [5.74, 6) is -2.45. The summed E-state index contributed by atoms with van der Waals surface area (Å²) in [5.41, 5.74) is 7.73. The second-order valence-corrected chi connectivity index (χ2v) is 7.12. The third-order valence-corrected chi connectivity index (χ3v) is 3.94. The average Bonchev–Trinajstić information content (AvgIpc) is 2.70. The summed E-state index contributed by atoms with van der Waals surface area (Å²) >= 11 is 0. The molecule has 10 heteroatoms. The lowest BCUT2D eigenvalue weighted by Gasteiger charge is -2.22. The normalized spacial score (nSPS) is 9.75. The van der Waals surface area contributed by atoms with Gasteiger partial charge < -0.3 is 21.3 Å². The lowest BCUT2D eigenvalue weighted by Crippen LogP contribution is -2.22. The summed E-state index contributed by atoms with van der Waals surface area (Å²) in [4.78, 5) is 49.5. The van der Waals surface area contributed by atoms with Crippen molar-refractivity contribution < 1.29 is 19.2 Å². The van der Waals surface area contributed by atoms with E-state index in [9.17, 15) is 19.2 Å². The van der Waals surface area contributed by atoms with E-state index in [4.69, 9.17) is 5.53 Å². The van der Waals surface area contributed by atoms with Crippen molar-refractivity contribution in [3.63, 3.8) is 0 Å². The molecule has 4 amide bonds. The molecular formula is C22H26N6O4. The highest BCUT2D eigenvalue weighted by Crippen LogP contribution is 2.45. The van der Waals surface area contributed by atoms with Gasteiger partial charge in [-0.05, 0) is 33.8 Å². The number of anilines is 4. The predicted molar refractivity (Wildman–Crippen MR) is 125 cm³/mol. The Hall–Kier alpha value is -4.34. The van der Waals surface area contributed by atoms with E-state index >= 15 is 0 Å². The Morgan fingerprint density at radius 3 is 1.38 bits per heavy atom. The van der Waals surface area contributed by atoms with E-state index in [1.54, 1.807) is 0 Å². The first-order valence-electron chi connectivity index (χ1n) is 9.26. The molecule has 32 heavy (non-hydrogen) atoms. The molecule has 0 unspecified atom stereocenters. The van der Waals surface area contributed by atoms with Crippen LogP contribution >= 0.6 is 0 Å². The first-order valence-corrected chi connectivity index (χ1v) is 9.26. The van der Waals surface area contributed by atoms with E-state index < -0.39 is 23.6 Å². The van der Waals surface area contributed by atoms with Crippen molar-refractivity contribution in [3.8, 4) is 0 Å². The Kier molecular flexibility index (Phi) is 8.53. The fraction of sp³-hybridized carbons (Fsp3) is 0.182. The molecule has 0 radical (unpaired) electrons. The topological polar surface area (TPSA) is 153 Å². The summed E-state index contributed by atoms with van der Waals surface area (Å²) in [6.45, 7) is 20.1. The number of carbonyl (C=O) groups is 4. The van der Waals surface area contributed by atoms with E-state index in [2.05, 4.69) is 52.7 Å². The first kappa shape index (κ1) is 25.7. The van der Waals surface area contributed by atoms with Gasteiger partial charge in [-0.1, -0.05) is 26.3 Å². The third-order valence-electron chi connectivity index (χ3n) is 3.94. The Labute approximate surface area is 186 Å². The Morgan fingerprint density at radius 2 is 1.00 bits per heavy atom. The maximum atomic E-state index is 12.4. The molecule has 0 atom stereocenters. The van der Waals surface area contributed by atoms with Gasteiger partial charge in [0, 0.05) is 22.3 Å². The van der Waals surface area contributed by atoms with Crippen LogP contribution in [0.5, 0.6) is 0 Å². The van der Waals surface area contributed by atoms with Gasteiger partial charge in [0.1, 0.15) is 5.69 Å². The highest BCUT2D eigenvalue weighted by molar-refractivity contribution is 6.19. The van der Waals surface area contributed by atoms with E-state index in [1.807, 2.05) is 0 Å². The van der Waals surface area contributed by atoms with Crippen LogP contribution in [-0.4, -0.2) is 23.6 Å². The SMILES string of the molecule is C=C(C)C(=O)Nc1cc(N=N)c(NC(=O)C(=C)C)c(NC(=O)C(=C)C)c1NC(=O)C(=C)C. The number of carbonyl (C=O) groups excluding carboxylic acids is 4. The zero-order valence-electron chi connectivity index (χ0n) is 18.5. The Bertz CT molecular complexity index is 1080. The summed E-state index contributed by atoms with van der Waals surface area (Å²) < 4.78 is 0. The van der Waals surface area contributed by atoms with Crippen molar-refractivity contribution in [2.45, 2.75) is 27.7 Å². The largest absolute Gasteiger partial charge is 0.320 e. The maximum absolute atomic E-state index is 12.4. The van der Waals surface area contributed by atoms with Gasteiger partial charge in [0.15, 0.2) is 0 Å². The van der Waals surface area contributed by atoms with Crippen molar-refractivity contribution in [1.29, 1.82) is 5.53 Å². The van der Waals surface area contributed by atoms with Crippen LogP contribution in [0.25, 0.3) is 0 Å². The van der Waals surface area contributed by atoms with E-state index in [0.29, 0.717) is 0 Å². The molecule has 0 aliphatic rings. The fourth-order valence-corrected chi connectivity index (χ4v) is 2.13. The van der Waals surface area contributed by atoms with Gasteiger partial charge >= 0.3 is 0 Å². The van der Waals surface area contributed by atoms with E-state index in [1.165, 1.54) is 33.8 Å². The minimum Gasteiger partial charge on any atom is -0.320 e. The van der Waals surface area contributed by atoms with Gasteiger partial charge in [0.2, 0.25) is 0 Å². The van der Waals surface area contributed by atoms with Gasteiger partial charge in [-0.2, -0.15) is 5.11 Å². The molecule has 0 spiro atoms. The highest BCUT2D eigenvalue weighted by Gasteiger charge is 2.24. The van der Waals surface area contributed by atoms with Gasteiger partial charge in [-0.25, -0.2) is 5.53 Å². The second-order valence-electron chi connectivity index (χ2n) is 7.12. The van der Waals surface area contributed by atoms with Crippen LogP contribution in [0, 0.1) is 5.53 Å². The minimum atomic E-state index is -0.638. The van der Waals surface area contributed by atoms with Crippen LogP contribution in [0.2, 0.25) is 0 Å². The molecule has 1 rings (SSSR count). The lowest BCUT2D eigenvalue weighted by molar-refractivity contribution is -0.113. The summed E-state index contributed by atoms with van der Waals surface area (Å²) in [7, 11) is 0. The summed E-state index contributed by atoms with van der Waals surface area (Å²) in [6.07, 6.45) is 0. The van der Waals surface area contributed by atoms with E-state index in [0.717, 1.165) is 0 Å². The number of nitrogens with zero attached hydrogens (tertiary/aromatic N) is 1. The van der Waals surface area contributed by atoms with Crippen LogP contribution < -0.4 is 21.3 Å². The van der Waals surface area contributed by atoms with Crippen LogP contribution in [0.4, 0.5) is 28.4 Å². The molecule has 168 valence electrons. The Morgan fingerprint density at radius 1 is 0.656 bits per heavy atom. The lowest BCUT2D eigenvalue weighted by atomic mass is 10.1. The van der Waals surface area contributed by atoms with Gasteiger partial charge in [0.25, 0.3) is 23.6 Å². The van der Waals surface area contributed by atoms with Crippen molar-refractivity contribution in [2.24, 2.45) is 5.11 Å². The molecule has 10 nitrogen and oxygen atoms in total. The molecule has 0 saturated heterocycles. The van der Waals surface area contributed by atoms with Crippen LogP contribution in [-0.2, 0) is 19.2 Å². The number of benzene rings is 1. The zero-order chi connectivity index (χ0) is 24.7. The predicted octanol–water partition coefficient (Wildman–Crippen LogP) is 4.41. The highest BCUT2D eigenvalue weighted by atomic mass is 16.2. The number of rotatable bonds is 9. The van der Waals surface area contributed by atoms with Crippen molar-refractivity contribution in [3.05, 3.63) is 54.7 Å². The molecule has 0 bridgehead atoms. The van der Waals surface area contributed by atoms with Crippen molar-refractivity contribution >= 4 is 52.1 Å². The van der Waals surface area contributed by atoms with Crippen molar-refractivity contribution in [2.75, 3.05) is 21.3 Å². The summed E-state index contributed by atoms with van der Waals surface area (Å²) in [6, 6.07) is 1.26. The zero-order valence-corrected chi connectivity index (χ0v) is 18.5. The molecule has 1 aromatic rings. The number of hydrogen-bond donors (Lipinski definition) is 5. The molecule has 0 aliphatic heterocycles. The molecule has 0 aromatic heterocycles. The molecule has 0 aliphatic carbocycles. The maximum Gasteiger partial charge on any atom is 0.250 e. The molecule has 0 heterocycles. The monoisotopic (exact) mass is 438 g/mol. The number of amides is 4. The van der Waals surface area contributed by atoms with Crippen molar-refractivity contribution in [1.82, 2.24) is 0 Å². The number of nitrogens with one attached hydrogen (secondary N) is 5. The quantitative estimate of drug-likeness (QED) is 0.286. The van der Waals surface area contributed by atoms with Crippen LogP contribution in [0.1, 0.15) is 27.7 Å². The van der Waals surface area contributed by atoms with Crippen LogP contribution in [0.15, 0.2) is 59.8 Å². The van der Waals surface area contributed by atoms with E-state index in [-0.39, 0.29) is 50.7 Å². The first-order chi connectivity index (χ1) is 14.8. The molecule has 0 saturated carbocycles. The minimum absolute atomic E-state index is 0.00365. The molecule has 1 aromatic carbocycles. The molecule has 5 N–H and O–H groups in total. The number of hydrogen-bond acceptors (Lipinski definition) is 6. The average molecular weight is 438 g/mol. The smallest absolute Gasteiger partial charge is 0.250 e. The second kappa shape index (κ2) is 10.6. The van der Waals surface area contributed by atoms with Crippen LogP contribution in [0.3, 0.4) is 0 Å². The summed E-state index contributed by atoms with van der Waals surface area (Å²) in [5, 5.41) is 13.6. The standard InChI is InChI=1S/C22H26N6O4/c1-10(2)19(29)24-14-9-15(28-23)17(26-21(31)12(5)6)18(27-22(32)13(7)8)16(14)25-20(30)11(3)4/h9,23H,1,3,5,7H2,2,4,6,8H3,(H,24,29)(H,25,30)(H,26,31)(H,27,32). The van der Waals surface area contributed by atoms with Gasteiger partial charge in [-0.15, -0.1) is 0 Å². The fourth-order valence-electron chi connectivity index (χ4n) is 2.13. The third kappa shape index (κ3) is 6.33. The molecular weight excluding hydrogens is 412 g/mol.